The zero-order chi connectivity index (χ0) is 11.8. The van der Waals surface area contributed by atoms with E-state index < -0.39 is 11.2 Å². The standard InChI is InChI=1S/C12H7ClF2O/c13-12(14,15)11(16)10-6-5-8-3-1-2-4-9(8)7-10/h1-7H. The van der Waals surface area contributed by atoms with Gasteiger partial charge in [0.15, 0.2) is 0 Å². The molecule has 0 saturated heterocycles. The van der Waals surface area contributed by atoms with Gasteiger partial charge >= 0.3 is 5.38 Å². The van der Waals surface area contributed by atoms with Crippen LogP contribution in [0.25, 0.3) is 10.8 Å². The quantitative estimate of drug-likeness (QED) is 0.576. The van der Waals surface area contributed by atoms with Gasteiger partial charge in [-0.15, -0.1) is 0 Å². The number of carbonyl (C=O) groups excluding carboxylic acids is 1. The van der Waals surface area contributed by atoms with Crippen molar-refractivity contribution in [2.75, 3.05) is 0 Å². The molecule has 2 rings (SSSR count). The Morgan fingerprint density at radius 1 is 1.06 bits per heavy atom. The van der Waals surface area contributed by atoms with Crippen molar-refractivity contribution in [2.24, 2.45) is 0 Å². The van der Waals surface area contributed by atoms with E-state index in [1.807, 2.05) is 12.1 Å². The van der Waals surface area contributed by atoms with E-state index in [0.717, 1.165) is 10.8 Å². The summed E-state index contributed by atoms with van der Waals surface area (Å²) in [6.07, 6.45) is 0. The Balaban J connectivity index is 2.52. The molecule has 4 heteroatoms. The van der Waals surface area contributed by atoms with Gasteiger partial charge < -0.3 is 0 Å². The highest BCUT2D eigenvalue weighted by atomic mass is 35.5. The zero-order valence-electron chi connectivity index (χ0n) is 8.08. The van der Waals surface area contributed by atoms with Gasteiger partial charge in [0.05, 0.1) is 0 Å². The van der Waals surface area contributed by atoms with Crippen molar-refractivity contribution in [3.05, 3.63) is 48.0 Å². The number of carbonyl (C=O) groups is 1. The number of hydrogen-bond acceptors (Lipinski definition) is 1. The summed E-state index contributed by atoms with van der Waals surface area (Å²) in [4.78, 5) is 11.2. The Kier molecular flexibility index (Phi) is 2.64. The molecule has 0 aromatic heterocycles. The highest BCUT2D eigenvalue weighted by Gasteiger charge is 2.36. The molecule has 0 aliphatic rings. The molecule has 16 heavy (non-hydrogen) atoms. The predicted octanol–water partition coefficient (Wildman–Crippen LogP) is 3.85. The lowest BCUT2D eigenvalue weighted by Crippen LogP contribution is -2.21. The van der Waals surface area contributed by atoms with Crippen LogP contribution in [0, 0.1) is 0 Å². The smallest absolute Gasteiger partial charge is 0.286 e. The molecule has 0 atom stereocenters. The second kappa shape index (κ2) is 3.83. The molecule has 0 amide bonds. The summed E-state index contributed by atoms with van der Waals surface area (Å²) in [6, 6.07) is 11.6. The topological polar surface area (TPSA) is 17.1 Å². The molecule has 2 aromatic rings. The molecule has 0 aliphatic heterocycles. The minimum absolute atomic E-state index is 0.0845. The molecule has 0 saturated carbocycles. The third kappa shape index (κ3) is 2.04. The van der Waals surface area contributed by atoms with Crippen LogP contribution >= 0.6 is 11.6 Å². The molecule has 2 aromatic carbocycles. The summed E-state index contributed by atoms with van der Waals surface area (Å²) in [5.74, 6) is -1.38. The highest BCUT2D eigenvalue weighted by Crippen LogP contribution is 2.26. The van der Waals surface area contributed by atoms with Gasteiger partial charge in [-0.25, -0.2) is 0 Å². The van der Waals surface area contributed by atoms with Gasteiger partial charge in [-0.3, -0.25) is 4.79 Å². The van der Waals surface area contributed by atoms with E-state index >= 15 is 0 Å². The van der Waals surface area contributed by atoms with E-state index in [0.29, 0.717) is 0 Å². The van der Waals surface area contributed by atoms with Crippen LogP contribution in [0.15, 0.2) is 42.5 Å². The zero-order valence-corrected chi connectivity index (χ0v) is 8.84. The maximum Gasteiger partial charge on any atom is 0.384 e. The van der Waals surface area contributed by atoms with E-state index in [-0.39, 0.29) is 5.56 Å². The lowest BCUT2D eigenvalue weighted by molar-refractivity contribution is 0.0536. The molecule has 0 heterocycles. The maximum atomic E-state index is 12.6. The van der Waals surface area contributed by atoms with Gasteiger partial charge in [0.25, 0.3) is 0 Å². The lowest BCUT2D eigenvalue weighted by atomic mass is 10.0. The lowest BCUT2D eigenvalue weighted by Gasteiger charge is -2.07. The average Bonchev–Trinajstić information content (AvgIpc) is 2.26. The Hall–Kier alpha value is -1.48. The molecular weight excluding hydrogens is 234 g/mol. The molecule has 0 N–H and O–H groups in total. The van der Waals surface area contributed by atoms with Crippen molar-refractivity contribution >= 4 is 28.2 Å². The van der Waals surface area contributed by atoms with Gasteiger partial charge in [-0.2, -0.15) is 8.78 Å². The SMILES string of the molecule is O=C(c1ccc2ccccc2c1)C(F)(F)Cl. The summed E-state index contributed by atoms with van der Waals surface area (Å²) in [7, 11) is 0. The first-order valence-corrected chi connectivity index (χ1v) is 4.96. The van der Waals surface area contributed by atoms with Crippen molar-refractivity contribution in [1.82, 2.24) is 0 Å². The summed E-state index contributed by atoms with van der Waals surface area (Å²) in [5, 5.41) is -2.23. The third-order valence-electron chi connectivity index (χ3n) is 2.27. The molecule has 0 spiro atoms. The van der Waals surface area contributed by atoms with Crippen LogP contribution in [0.2, 0.25) is 0 Å². The molecular formula is C12H7ClF2O. The molecule has 82 valence electrons. The van der Waals surface area contributed by atoms with E-state index in [9.17, 15) is 13.6 Å². The number of fused-ring (bicyclic) bond motifs is 1. The van der Waals surface area contributed by atoms with Crippen LogP contribution in [0.4, 0.5) is 8.78 Å². The van der Waals surface area contributed by atoms with Gasteiger partial charge in [-0.05, 0) is 28.4 Å². The minimum Gasteiger partial charge on any atom is -0.286 e. The molecule has 1 nitrogen and oxygen atoms in total. The number of halogens is 3. The Labute approximate surface area is 95.6 Å². The Morgan fingerprint density at radius 3 is 2.31 bits per heavy atom. The fourth-order valence-electron chi connectivity index (χ4n) is 1.49. The van der Waals surface area contributed by atoms with E-state index in [2.05, 4.69) is 11.6 Å². The second-order valence-electron chi connectivity index (χ2n) is 3.39. The van der Waals surface area contributed by atoms with Crippen LogP contribution < -0.4 is 0 Å². The van der Waals surface area contributed by atoms with Crippen molar-refractivity contribution < 1.29 is 13.6 Å². The minimum atomic E-state index is -3.84. The van der Waals surface area contributed by atoms with Crippen LogP contribution in [0.3, 0.4) is 0 Å². The largest absolute Gasteiger partial charge is 0.384 e. The highest BCUT2D eigenvalue weighted by molar-refractivity contribution is 6.35. The van der Waals surface area contributed by atoms with Gasteiger partial charge in [0, 0.05) is 5.56 Å². The molecule has 0 radical (unpaired) electrons. The van der Waals surface area contributed by atoms with Gasteiger partial charge in [0.1, 0.15) is 0 Å². The first-order valence-electron chi connectivity index (χ1n) is 4.59. The number of Topliss-reactive ketones (excluding diaryl/α,β-unsaturated/α-hetero) is 1. The average molecular weight is 241 g/mol. The van der Waals surface area contributed by atoms with Crippen molar-refractivity contribution in [1.29, 1.82) is 0 Å². The molecule has 0 aliphatic carbocycles. The first kappa shape index (κ1) is 11.0. The van der Waals surface area contributed by atoms with Crippen molar-refractivity contribution in [3.8, 4) is 0 Å². The van der Waals surface area contributed by atoms with Crippen molar-refractivity contribution in [3.63, 3.8) is 0 Å². The fraction of sp³-hybridized carbons (Fsp3) is 0.0833. The second-order valence-corrected chi connectivity index (χ2v) is 3.86. The van der Waals surface area contributed by atoms with E-state index in [1.54, 1.807) is 18.2 Å². The molecule has 0 unspecified atom stereocenters. The normalized spacial score (nSPS) is 11.7. The predicted molar refractivity (Wildman–Crippen MR) is 59.1 cm³/mol. The molecule has 0 bridgehead atoms. The fourth-order valence-corrected chi connectivity index (χ4v) is 1.60. The monoisotopic (exact) mass is 240 g/mol. The van der Waals surface area contributed by atoms with Crippen LogP contribution in [0.1, 0.15) is 10.4 Å². The summed E-state index contributed by atoms with van der Waals surface area (Å²) >= 11 is 4.69. The Bertz CT molecular complexity index is 546. The van der Waals surface area contributed by atoms with Crippen LogP contribution in [-0.2, 0) is 0 Å². The number of alkyl halides is 3. The van der Waals surface area contributed by atoms with Crippen molar-refractivity contribution in [2.45, 2.75) is 5.38 Å². The summed E-state index contributed by atoms with van der Waals surface area (Å²) in [5.41, 5.74) is -0.0845. The number of benzene rings is 2. The van der Waals surface area contributed by atoms with Crippen LogP contribution in [0.5, 0.6) is 0 Å². The Morgan fingerprint density at radius 2 is 1.69 bits per heavy atom. The third-order valence-corrected chi connectivity index (χ3v) is 2.44. The van der Waals surface area contributed by atoms with Crippen LogP contribution in [-0.4, -0.2) is 11.2 Å². The number of ketones is 1. The van der Waals surface area contributed by atoms with E-state index in [4.69, 9.17) is 0 Å². The first-order chi connectivity index (χ1) is 7.48. The maximum absolute atomic E-state index is 12.6. The van der Waals surface area contributed by atoms with Gasteiger partial charge in [0.2, 0.25) is 5.78 Å². The number of rotatable bonds is 2. The van der Waals surface area contributed by atoms with E-state index in [1.165, 1.54) is 12.1 Å². The summed E-state index contributed by atoms with van der Waals surface area (Å²) in [6.45, 7) is 0. The number of hydrogen-bond donors (Lipinski definition) is 0. The summed E-state index contributed by atoms with van der Waals surface area (Å²) < 4.78 is 25.2. The molecule has 0 fully saturated rings. The van der Waals surface area contributed by atoms with Gasteiger partial charge in [-0.1, -0.05) is 36.4 Å².